The minimum Gasteiger partial charge on any atom is -0.853 e. The van der Waals surface area contributed by atoms with Crippen molar-refractivity contribution in [1.82, 2.24) is 0 Å². The molecule has 3 heteroatoms. The van der Waals surface area contributed by atoms with Crippen LogP contribution in [-0.2, 0) is 0 Å². The van der Waals surface area contributed by atoms with E-state index in [1.54, 1.807) is 4.68 Å². The van der Waals surface area contributed by atoms with E-state index in [2.05, 4.69) is 38.0 Å². The first kappa shape index (κ1) is 10.9. The van der Waals surface area contributed by atoms with Crippen LogP contribution in [0.25, 0.3) is 0 Å². The number of rotatable bonds is 1. The quantitative estimate of drug-likeness (QED) is 0.650. The zero-order valence-electron chi connectivity index (χ0n) is 9.90. The van der Waals surface area contributed by atoms with Crippen LogP contribution in [0.2, 0.25) is 0 Å². The van der Waals surface area contributed by atoms with Crippen LogP contribution < -0.4 is 5.11 Å². The van der Waals surface area contributed by atoms with Crippen molar-refractivity contribution in [3.05, 3.63) is 35.9 Å². The van der Waals surface area contributed by atoms with Gasteiger partial charge in [-0.25, -0.2) is 0 Å². The van der Waals surface area contributed by atoms with Gasteiger partial charge in [0.05, 0.1) is 0 Å². The third-order valence-corrected chi connectivity index (χ3v) is 2.53. The average Bonchev–Trinajstić information content (AvgIpc) is 2.15. The molecule has 0 radical (unpaired) electrons. The van der Waals surface area contributed by atoms with Gasteiger partial charge >= 0.3 is 0 Å². The largest absolute Gasteiger partial charge is 0.853 e. The molecule has 2 rings (SSSR count). The van der Waals surface area contributed by atoms with Crippen molar-refractivity contribution in [3.63, 3.8) is 0 Å². The van der Waals surface area contributed by atoms with Gasteiger partial charge in [-0.2, -0.15) is 0 Å². The van der Waals surface area contributed by atoms with Crippen molar-refractivity contribution in [2.24, 2.45) is 10.5 Å². The molecular formula is C13H16N2O. The first-order valence-corrected chi connectivity index (χ1v) is 5.43. The maximum Gasteiger partial charge on any atom is 0.221 e. The van der Waals surface area contributed by atoms with E-state index in [1.165, 1.54) is 0 Å². The van der Waals surface area contributed by atoms with Gasteiger partial charge in [-0.3, -0.25) is 0 Å². The van der Waals surface area contributed by atoms with Crippen LogP contribution >= 0.6 is 0 Å². The summed E-state index contributed by atoms with van der Waals surface area (Å²) < 4.78 is 1.80. The second-order valence-corrected chi connectivity index (χ2v) is 5.02. The SMILES string of the molecule is CC(C)(C)C(c1ccccc1)=[N+]1CC([O-])=N1. The highest BCUT2D eigenvalue weighted by Gasteiger charge is 2.33. The van der Waals surface area contributed by atoms with Gasteiger partial charge in [-0.05, 0) is 17.2 Å². The lowest BCUT2D eigenvalue weighted by Gasteiger charge is -2.23. The topological polar surface area (TPSA) is 38.4 Å². The fraction of sp³-hybridized carbons (Fsp3) is 0.385. The standard InChI is InChI=1S/C13H16N2O/c1-13(2,3)12(15-9-11(16)14-15)10-7-5-4-6-8-10/h4-8H,9H2,1-3H3. The Kier molecular flexibility index (Phi) is 2.54. The number of hydrogen-bond acceptors (Lipinski definition) is 2. The molecule has 0 saturated carbocycles. The number of benzene rings is 1. The number of hydrogen-bond donors (Lipinski definition) is 0. The Morgan fingerprint density at radius 1 is 1.25 bits per heavy atom. The van der Waals surface area contributed by atoms with E-state index in [0.29, 0.717) is 6.54 Å². The molecule has 1 heterocycles. The molecule has 0 N–H and O–H groups in total. The van der Waals surface area contributed by atoms with Crippen molar-refractivity contribution in [2.75, 3.05) is 6.54 Å². The molecule has 1 aromatic carbocycles. The molecule has 0 saturated heterocycles. The number of nitrogens with zero attached hydrogens (tertiary/aromatic N) is 2. The maximum atomic E-state index is 11.0. The van der Waals surface area contributed by atoms with Crippen LogP contribution in [0.1, 0.15) is 26.3 Å². The summed E-state index contributed by atoms with van der Waals surface area (Å²) >= 11 is 0. The Morgan fingerprint density at radius 3 is 2.25 bits per heavy atom. The Hall–Kier alpha value is -1.64. The normalized spacial score (nSPS) is 18.8. The van der Waals surface area contributed by atoms with Crippen LogP contribution in [0.4, 0.5) is 0 Å². The minimum absolute atomic E-state index is 0.0223. The lowest BCUT2D eigenvalue weighted by Crippen LogP contribution is -2.44. The van der Waals surface area contributed by atoms with Crippen LogP contribution in [0.15, 0.2) is 35.4 Å². The van der Waals surface area contributed by atoms with Gasteiger partial charge in [0.2, 0.25) is 12.3 Å². The van der Waals surface area contributed by atoms with Gasteiger partial charge < -0.3 is 5.11 Å². The lowest BCUT2D eigenvalue weighted by molar-refractivity contribution is -0.565. The second-order valence-electron chi connectivity index (χ2n) is 5.02. The molecule has 0 spiro atoms. The molecule has 0 aromatic heterocycles. The predicted octanol–water partition coefficient (Wildman–Crippen LogP) is 1.22. The molecule has 0 fully saturated rings. The molecule has 0 atom stereocenters. The Balaban J connectivity index is 2.51. The summed E-state index contributed by atoms with van der Waals surface area (Å²) in [5, 5.41) is 14.9. The van der Waals surface area contributed by atoms with Crippen LogP contribution in [0.3, 0.4) is 0 Å². The van der Waals surface area contributed by atoms with E-state index in [1.807, 2.05) is 18.2 Å². The van der Waals surface area contributed by atoms with E-state index in [4.69, 9.17) is 0 Å². The molecule has 3 nitrogen and oxygen atoms in total. The highest BCUT2D eigenvalue weighted by Crippen LogP contribution is 2.23. The monoisotopic (exact) mass is 216 g/mol. The Bertz CT molecular complexity index is 453. The first-order valence-electron chi connectivity index (χ1n) is 5.43. The van der Waals surface area contributed by atoms with Crippen molar-refractivity contribution >= 4 is 11.6 Å². The minimum atomic E-state index is -0.0438. The summed E-state index contributed by atoms with van der Waals surface area (Å²) in [6.45, 7) is 6.80. The van der Waals surface area contributed by atoms with Crippen molar-refractivity contribution in [1.29, 1.82) is 0 Å². The summed E-state index contributed by atoms with van der Waals surface area (Å²) in [5.41, 5.74) is 2.21. The molecule has 0 bridgehead atoms. The average molecular weight is 216 g/mol. The summed E-state index contributed by atoms with van der Waals surface area (Å²) in [5.74, 6) is -0.0438. The zero-order valence-corrected chi connectivity index (χ0v) is 9.90. The van der Waals surface area contributed by atoms with Gasteiger partial charge in [-0.1, -0.05) is 43.7 Å². The zero-order chi connectivity index (χ0) is 11.8. The molecule has 1 aliphatic heterocycles. The van der Waals surface area contributed by atoms with Gasteiger partial charge in [-0.15, -0.1) is 0 Å². The summed E-state index contributed by atoms with van der Waals surface area (Å²) in [6, 6.07) is 10.1. The lowest BCUT2D eigenvalue weighted by atomic mass is 9.85. The fourth-order valence-electron chi connectivity index (χ4n) is 1.95. The van der Waals surface area contributed by atoms with Crippen molar-refractivity contribution in [3.8, 4) is 0 Å². The van der Waals surface area contributed by atoms with Gasteiger partial charge in [0.1, 0.15) is 5.90 Å². The molecule has 1 aromatic rings. The molecular weight excluding hydrogens is 200 g/mol. The van der Waals surface area contributed by atoms with E-state index >= 15 is 0 Å². The van der Waals surface area contributed by atoms with E-state index in [9.17, 15) is 5.11 Å². The molecule has 0 amide bonds. The third kappa shape index (κ3) is 1.98. The van der Waals surface area contributed by atoms with Crippen molar-refractivity contribution < 1.29 is 9.79 Å². The smallest absolute Gasteiger partial charge is 0.221 e. The predicted molar refractivity (Wildman–Crippen MR) is 62.6 cm³/mol. The van der Waals surface area contributed by atoms with Crippen molar-refractivity contribution in [2.45, 2.75) is 20.8 Å². The summed E-state index contributed by atoms with van der Waals surface area (Å²) in [6.07, 6.45) is 0. The van der Waals surface area contributed by atoms with Crippen LogP contribution in [-0.4, -0.2) is 22.8 Å². The van der Waals surface area contributed by atoms with Crippen LogP contribution in [0.5, 0.6) is 0 Å². The third-order valence-electron chi connectivity index (χ3n) is 2.53. The van der Waals surface area contributed by atoms with E-state index in [0.717, 1.165) is 11.3 Å². The van der Waals surface area contributed by atoms with E-state index < -0.39 is 0 Å². The first-order chi connectivity index (χ1) is 7.48. The van der Waals surface area contributed by atoms with E-state index in [-0.39, 0.29) is 11.3 Å². The van der Waals surface area contributed by atoms with Gasteiger partial charge in [0.25, 0.3) is 0 Å². The molecule has 1 aliphatic rings. The molecule has 16 heavy (non-hydrogen) atoms. The molecule has 0 unspecified atom stereocenters. The number of hydrazone groups is 1. The molecule has 84 valence electrons. The van der Waals surface area contributed by atoms with Gasteiger partial charge in [0.15, 0.2) is 0 Å². The summed E-state index contributed by atoms with van der Waals surface area (Å²) in [4.78, 5) is 0. The Morgan fingerprint density at radius 2 is 1.81 bits per heavy atom. The molecule has 0 aliphatic carbocycles. The fourth-order valence-corrected chi connectivity index (χ4v) is 1.95. The van der Waals surface area contributed by atoms with Crippen LogP contribution in [0, 0.1) is 5.41 Å². The van der Waals surface area contributed by atoms with Gasteiger partial charge in [0, 0.05) is 11.0 Å². The summed E-state index contributed by atoms with van der Waals surface area (Å²) in [7, 11) is 0. The maximum absolute atomic E-state index is 11.0. The second kappa shape index (κ2) is 3.74. The highest BCUT2D eigenvalue weighted by molar-refractivity contribution is 6.01. The Labute approximate surface area is 95.7 Å². The highest BCUT2D eigenvalue weighted by atomic mass is 16.3.